The van der Waals surface area contributed by atoms with Crippen molar-refractivity contribution in [3.63, 3.8) is 0 Å². The Morgan fingerprint density at radius 1 is 1.33 bits per heavy atom. The molecule has 132 valence electrons. The highest BCUT2D eigenvalue weighted by Crippen LogP contribution is 2.26. The van der Waals surface area contributed by atoms with Gasteiger partial charge in [-0.2, -0.15) is 0 Å². The zero-order valence-corrected chi connectivity index (χ0v) is 14.9. The number of hydrogen-bond acceptors (Lipinski definition) is 4. The van der Waals surface area contributed by atoms with E-state index in [9.17, 15) is 14.3 Å². The normalized spacial score (nSPS) is 15.1. The van der Waals surface area contributed by atoms with Gasteiger partial charge in [0.15, 0.2) is 0 Å². The maximum atomic E-state index is 14.4. The summed E-state index contributed by atoms with van der Waals surface area (Å²) in [6.45, 7) is 6.83. The second-order valence-electron chi connectivity index (χ2n) is 7.26. The smallest absolute Gasteiger partial charge is 0.309 e. The molecular formula is C17H25BFNO4. The number of benzene rings is 1. The van der Waals surface area contributed by atoms with Crippen LogP contribution in [-0.4, -0.2) is 42.8 Å². The van der Waals surface area contributed by atoms with Gasteiger partial charge < -0.3 is 19.8 Å². The molecule has 1 fully saturated rings. The minimum atomic E-state index is -1.06. The second kappa shape index (κ2) is 6.72. The van der Waals surface area contributed by atoms with E-state index in [2.05, 4.69) is 5.32 Å². The molecule has 7 heteroatoms. The fraction of sp³-hybridized carbons (Fsp3) is 0.588. The highest BCUT2D eigenvalue weighted by atomic mass is 19.1. The van der Waals surface area contributed by atoms with Gasteiger partial charge in [-0.15, -0.1) is 0 Å². The minimum absolute atomic E-state index is 0.0881. The Morgan fingerprint density at radius 3 is 2.46 bits per heavy atom. The quantitative estimate of drug-likeness (QED) is 0.736. The summed E-state index contributed by atoms with van der Waals surface area (Å²) in [5.74, 6) is -0.934. The van der Waals surface area contributed by atoms with Crippen LogP contribution in [0.1, 0.15) is 50.9 Å². The lowest BCUT2D eigenvalue weighted by molar-refractivity contribution is -0.0893. The number of ether oxygens (including phenoxy) is 1. The third-order valence-corrected chi connectivity index (χ3v) is 4.55. The van der Waals surface area contributed by atoms with E-state index in [1.807, 2.05) is 0 Å². The lowest BCUT2D eigenvalue weighted by Gasteiger charge is -2.37. The van der Waals surface area contributed by atoms with E-state index < -0.39 is 22.9 Å². The van der Waals surface area contributed by atoms with Crippen molar-refractivity contribution in [2.75, 3.05) is 7.11 Å². The van der Waals surface area contributed by atoms with Crippen LogP contribution in [0.3, 0.4) is 0 Å². The maximum absolute atomic E-state index is 14.4. The van der Waals surface area contributed by atoms with Crippen LogP contribution in [0.4, 0.5) is 4.39 Å². The molecule has 5 nitrogen and oxygen atoms in total. The van der Waals surface area contributed by atoms with Crippen LogP contribution in [0.15, 0.2) is 12.1 Å². The summed E-state index contributed by atoms with van der Waals surface area (Å²) in [5, 5.41) is 12.9. The second-order valence-corrected chi connectivity index (χ2v) is 7.26. The minimum Gasteiger partial charge on any atom is -0.496 e. The van der Waals surface area contributed by atoms with Gasteiger partial charge in [0.1, 0.15) is 17.1 Å². The molecule has 1 aliphatic rings. The fourth-order valence-electron chi connectivity index (χ4n) is 2.03. The molecule has 0 aliphatic heterocycles. The average molecular weight is 337 g/mol. The summed E-state index contributed by atoms with van der Waals surface area (Å²) in [6.07, 6.45) is 1.85. The average Bonchev–Trinajstić information content (AvgIpc) is 3.26. The highest BCUT2D eigenvalue weighted by molar-refractivity contribution is 6.47. The first-order valence-corrected chi connectivity index (χ1v) is 8.09. The molecule has 24 heavy (non-hydrogen) atoms. The zero-order valence-electron chi connectivity index (χ0n) is 14.9. The van der Waals surface area contributed by atoms with Crippen molar-refractivity contribution in [2.24, 2.45) is 0 Å². The van der Waals surface area contributed by atoms with E-state index in [-0.39, 0.29) is 24.8 Å². The molecule has 1 saturated carbocycles. The largest absolute Gasteiger partial charge is 0.496 e. The molecule has 0 aromatic heterocycles. The summed E-state index contributed by atoms with van der Waals surface area (Å²) in [4.78, 5) is 12.2. The molecule has 0 radical (unpaired) electrons. The standard InChI is InChI=1S/C17H25BFNO4/c1-16(2,22)17(3,4)24-18-10-8-12(19)14(13(9-10)23-5)15(21)20-11-6-7-11/h8-9,11,18,22H,6-7H2,1-5H3,(H,20,21). The molecule has 0 atom stereocenters. The Morgan fingerprint density at radius 2 is 1.96 bits per heavy atom. The molecular weight excluding hydrogens is 312 g/mol. The summed E-state index contributed by atoms with van der Waals surface area (Å²) in [6, 6.07) is 2.99. The SMILES string of the molecule is COc1cc(BOC(C)(C)C(C)(C)O)cc(F)c1C(=O)NC1CC1. The molecule has 0 unspecified atom stereocenters. The van der Waals surface area contributed by atoms with Crippen LogP contribution in [0.2, 0.25) is 0 Å². The number of amides is 1. The lowest BCUT2D eigenvalue weighted by Crippen LogP contribution is -2.49. The fourth-order valence-corrected chi connectivity index (χ4v) is 2.03. The van der Waals surface area contributed by atoms with Crippen molar-refractivity contribution in [3.05, 3.63) is 23.5 Å². The number of halogens is 1. The van der Waals surface area contributed by atoms with Gasteiger partial charge in [0, 0.05) is 6.04 Å². The third kappa shape index (κ3) is 4.27. The number of carbonyl (C=O) groups is 1. The Bertz CT molecular complexity index is 624. The molecule has 0 spiro atoms. The van der Waals surface area contributed by atoms with E-state index in [4.69, 9.17) is 9.39 Å². The molecule has 2 rings (SSSR count). The van der Waals surface area contributed by atoms with Crippen molar-refractivity contribution in [2.45, 2.75) is 57.8 Å². The zero-order chi connectivity index (χ0) is 18.1. The van der Waals surface area contributed by atoms with Gasteiger partial charge in [0.2, 0.25) is 0 Å². The van der Waals surface area contributed by atoms with Crippen molar-refractivity contribution in [3.8, 4) is 5.75 Å². The van der Waals surface area contributed by atoms with E-state index in [0.717, 1.165) is 12.8 Å². The molecule has 1 aromatic carbocycles. The summed E-state index contributed by atoms with van der Waals surface area (Å²) >= 11 is 0. The number of carbonyl (C=O) groups excluding carboxylic acids is 1. The number of methoxy groups -OCH3 is 1. The van der Waals surface area contributed by atoms with Crippen LogP contribution in [0, 0.1) is 5.82 Å². The van der Waals surface area contributed by atoms with Crippen LogP contribution >= 0.6 is 0 Å². The maximum Gasteiger partial charge on any atom is 0.309 e. The van der Waals surface area contributed by atoms with Crippen LogP contribution < -0.4 is 15.5 Å². The van der Waals surface area contributed by atoms with E-state index in [1.54, 1.807) is 33.8 Å². The Labute approximate surface area is 142 Å². The van der Waals surface area contributed by atoms with E-state index >= 15 is 0 Å². The number of hydrogen-bond donors (Lipinski definition) is 2. The van der Waals surface area contributed by atoms with Gasteiger partial charge in [-0.05, 0) is 58.1 Å². The van der Waals surface area contributed by atoms with Gasteiger partial charge in [0.05, 0.1) is 18.3 Å². The highest BCUT2D eigenvalue weighted by Gasteiger charge is 2.36. The molecule has 0 heterocycles. The van der Waals surface area contributed by atoms with Gasteiger partial charge in [-0.25, -0.2) is 4.39 Å². The molecule has 1 aliphatic carbocycles. The van der Waals surface area contributed by atoms with Crippen LogP contribution in [0.25, 0.3) is 0 Å². The van der Waals surface area contributed by atoms with Crippen molar-refractivity contribution >= 4 is 18.9 Å². The van der Waals surface area contributed by atoms with Gasteiger partial charge >= 0.3 is 7.48 Å². The Kier molecular flexibility index (Phi) is 5.25. The van der Waals surface area contributed by atoms with Crippen molar-refractivity contribution < 1.29 is 23.7 Å². The van der Waals surface area contributed by atoms with Crippen molar-refractivity contribution in [1.29, 1.82) is 0 Å². The number of rotatable bonds is 7. The van der Waals surface area contributed by atoms with Crippen LogP contribution in [-0.2, 0) is 4.65 Å². The number of nitrogens with one attached hydrogen (secondary N) is 1. The molecule has 1 aromatic rings. The predicted octanol–water partition coefficient (Wildman–Crippen LogP) is 1.27. The topological polar surface area (TPSA) is 67.8 Å². The monoisotopic (exact) mass is 337 g/mol. The van der Waals surface area contributed by atoms with Gasteiger partial charge in [0.25, 0.3) is 5.91 Å². The third-order valence-electron chi connectivity index (χ3n) is 4.55. The first kappa shape index (κ1) is 18.7. The Hall–Kier alpha value is -1.60. The van der Waals surface area contributed by atoms with Crippen LogP contribution in [0.5, 0.6) is 5.75 Å². The molecule has 0 bridgehead atoms. The lowest BCUT2D eigenvalue weighted by atomic mass is 9.82. The van der Waals surface area contributed by atoms with Gasteiger partial charge in [-0.1, -0.05) is 0 Å². The predicted molar refractivity (Wildman–Crippen MR) is 91.7 cm³/mol. The molecule has 0 saturated heterocycles. The Balaban J connectivity index is 2.18. The molecule has 2 N–H and O–H groups in total. The first-order valence-electron chi connectivity index (χ1n) is 8.09. The summed E-state index contributed by atoms with van der Waals surface area (Å²) < 4.78 is 25.3. The van der Waals surface area contributed by atoms with E-state index in [1.165, 1.54) is 13.2 Å². The number of aliphatic hydroxyl groups is 1. The first-order chi connectivity index (χ1) is 11.0. The van der Waals surface area contributed by atoms with Gasteiger partial charge in [-0.3, -0.25) is 4.79 Å². The molecule has 1 amide bonds. The summed E-state index contributed by atoms with van der Waals surface area (Å²) in [7, 11) is 1.49. The van der Waals surface area contributed by atoms with E-state index in [0.29, 0.717) is 5.46 Å². The van der Waals surface area contributed by atoms with Crippen molar-refractivity contribution in [1.82, 2.24) is 5.32 Å². The summed E-state index contributed by atoms with van der Waals surface area (Å²) in [5.41, 5.74) is -1.43.